The van der Waals surface area contributed by atoms with Crippen LogP contribution >= 0.6 is 0 Å². The number of halogens is 1. The van der Waals surface area contributed by atoms with Gasteiger partial charge in [-0.25, -0.2) is 4.39 Å². The van der Waals surface area contributed by atoms with Crippen molar-refractivity contribution in [2.75, 3.05) is 19.6 Å². The van der Waals surface area contributed by atoms with E-state index in [1.54, 1.807) is 0 Å². The predicted molar refractivity (Wildman–Crippen MR) is 63.9 cm³/mol. The highest BCUT2D eigenvalue weighted by Crippen LogP contribution is 2.19. The maximum Gasteiger partial charge on any atom is 0.282 e. The molecule has 7 heteroatoms. The third-order valence-electron chi connectivity index (χ3n) is 2.24. The lowest BCUT2D eigenvalue weighted by Gasteiger charge is -2.06. The fourth-order valence-electron chi connectivity index (χ4n) is 1.39. The van der Waals surface area contributed by atoms with Crippen LogP contribution in [0.15, 0.2) is 18.2 Å². The molecule has 0 atom stereocenters. The summed E-state index contributed by atoms with van der Waals surface area (Å²) in [4.78, 5) is 21.7. The average molecular weight is 255 g/mol. The van der Waals surface area contributed by atoms with E-state index in [1.165, 1.54) is 0 Å². The molecule has 0 aliphatic rings. The van der Waals surface area contributed by atoms with Crippen LogP contribution in [0.25, 0.3) is 0 Å². The monoisotopic (exact) mass is 255 g/mol. The first-order valence-corrected chi connectivity index (χ1v) is 5.49. The Kier molecular flexibility index (Phi) is 5.19. The third kappa shape index (κ3) is 3.77. The van der Waals surface area contributed by atoms with Crippen LogP contribution in [0.4, 0.5) is 10.1 Å². The standard InChI is InChI=1S/C11H14FN3O3/c1-2-13-5-6-14-11(16)9-7-8(12)3-4-10(9)15(17)18/h3-4,7,13H,2,5-6H2,1H3,(H,14,16). The van der Waals surface area contributed by atoms with Crippen LogP contribution in [-0.2, 0) is 0 Å². The van der Waals surface area contributed by atoms with Crippen LogP contribution in [0.5, 0.6) is 0 Å². The molecule has 98 valence electrons. The Hall–Kier alpha value is -2.02. The van der Waals surface area contributed by atoms with Gasteiger partial charge in [0.05, 0.1) is 4.92 Å². The second-order valence-corrected chi connectivity index (χ2v) is 3.53. The van der Waals surface area contributed by atoms with Crippen LogP contribution in [0.1, 0.15) is 17.3 Å². The van der Waals surface area contributed by atoms with E-state index in [9.17, 15) is 19.3 Å². The summed E-state index contributed by atoms with van der Waals surface area (Å²) in [5, 5.41) is 16.2. The number of hydrogen-bond acceptors (Lipinski definition) is 4. The number of nitro groups is 1. The molecule has 0 heterocycles. The molecule has 18 heavy (non-hydrogen) atoms. The summed E-state index contributed by atoms with van der Waals surface area (Å²) < 4.78 is 13.0. The number of rotatable bonds is 6. The van der Waals surface area contributed by atoms with Gasteiger partial charge in [-0.05, 0) is 18.7 Å². The van der Waals surface area contributed by atoms with Crippen molar-refractivity contribution >= 4 is 11.6 Å². The quantitative estimate of drug-likeness (QED) is 0.452. The Balaban J connectivity index is 2.77. The van der Waals surface area contributed by atoms with E-state index in [2.05, 4.69) is 10.6 Å². The molecule has 0 spiro atoms. The zero-order valence-electron chi connectivity index (χ0n) is 9.90. The van der Waals surface area contributed by atoms with Crippen molar-refractivity contribution in [2.45, 2.75) is 6.92 Å². The number of carbonyl (C=O) groups is 1. The maximum atomic E-state index is 13.0. The van der Waals surface area contributed by atoms with Crippen LogP contribution in [0.3, 0.4) is 0 Å². The molecule has 0 bridgehead atoms. The zero-order valence-corrected chi connectivity index (χ0v) is 9.90. The number of benzene rings is 1. The Morgan fingerprint density at radius 2 is 2.17 bits per heavy atom. The Morgan fingerprint density at radius 3 is 2.78 bits per heavy atom. The minimum Gasteiger partial charge on any atom is -0.351 e. The van der Waals surface area contributed by atoms with E-state index in [-0.39, 0.29) is 5.56 Å². The molecule has 0 saturated heterocycles. The lowest BCUT2D eigenvalue weighted by molar-refractivity contribution is -0.385. The zero-order chi connectivity index (χ0) is 13.5. The molecule has 0 radical (unpaired) electrons. The van der Waals surface area contributed by atoms with Crippen molar-refractivity contribution in [3.8, 4) is 0 Å². The second-order valence-electron chi connectivity index (χ2n) is 3.53. The third-order valence-corrected chi connectivity index (χ3v) is 2.24. The lowest BCUT2D eigenvalue weighted by atomic mass is 10.1. The highest BCUT2D eigenvalue weighted by Gasteiger charge is 2.20. The normalized spacial score (nSPS) is 10.1. The van der Waals surface area contributed by atoms with E-state index in [4.69, 9.17) is 0 Å². The summed E-state index contributed by atoms with van der Waals surface area (Å²) in [6, 6.07) is 2.79. The van der Waals surface area contributed by atoms with Gasteiger partial charge in [-0.1, -0.05) is 6.92 Å². The second kappa shape index (κ2) is 6.65. The Morgan fingerprint density at radius 1 is 1.44 bits per heavy atom. The Bertz CT molecular complexity index is 451. The highest BCUT2D eigenvalue weighted by molar-refractivity contribution is 5.98. The van der Waals surface area contributed by atoms with E-state index in [1.807, 2.05) is 6.92 Å². The van der Waals surface area contributed by atoms with Crippen molar-refractivity contribution in [2.24, 2.45) is 0 Å². The summed E-state index contributed by atoms with van der Waals surface area (Å²) in [5.74, 6) is -1.34. The fourth-order valence-corrected chi connectivity index (χ4v) is 1.39. The number of carbonyl (C=O) groups excluding carboxylic acids is 1. The molecule has 0 aliphatic heterocycles. The molecule has 2 N–H and O–H groups in total. The molecule has 1 amide bonds. The molecule has 6 nitrogen and oxygen atoms in total. The van der Waals surface area contributed by atoms with Gasteiger partial charge in [0.2, 0.25) is 0 Å². The van der Waals surface area contributed by atoms with Gasteiger partial charge in [-0.3, -0.25) is 14.9 Å². The molecular weight excluding hydrogens is 241 g/mol. The minimum absolute atomic E-state index is 0.267. The van der Waals surface area contributed by atoms with Crippen molar-refractivity contribution in [1.29, 1.82) is 0 Å². The van der Waals surface area contributed by atoms with Gasteiger partial charge < -0.3 is 10.6 Å². The van der Waals surface area contributed by atoms with Crippen molar-refractivity contribution < 1.29 is 14.1 Å². The lowest BCUT2D eigenvalue weighted by Crippen LogP contribution is -2.32. The average Bonchev–Trinajstić information content (AvgIpc) is 2.34. The van der Waals surface area contributed by atoms with Crippen LogP contribution in [-0.4, -0.2) is 30.5 Å². The fraction of sp³-hybridized carbons (Fsp3) is 0.364. The van der Waals surface area contributed by atoms with Crippen molar-refractivity contribution in [1.82, 2.24) is 10.6 Å². The van der Waals surface area contributed by atoms with Crippen molar-refractivity contribution in [3.63, 3.8) is 0 Å². The van der Waals surface area contributed by atoms with E-state index in [0.717, 1.165) is 24.7 Å². The maximum absolute atomic E-state index is 13.0. The summed E-state index contributed by atoms with van der Waals surface area (Å²) in [6.07, 6.45) is 0. The highest BCUT2D eigenvalue weighted by atomic mass is 19.1. The van der Waals surface area contributed by atoms with Crippen molar-refractivity contribution in [3.05, 3.63) is 39.7 Å². The number of nitrogens with one attached hydrogen (secondary N) is 2. The molecule has 1 rings (SSSR count). The number of amides is 1. The topological polar surface area (TPSA) is 84.3 Å². The van der Waals surface area contributed by atoms with Gasteiger partial charge >= 0.3 is 0 Å². The SMILES string of the molecule is CCNCCNC(=O)c1cc(F)ccc1[N+](=O)[O-]. The van der Waals surface area contributed by atoms with E-state index >= 15 is 0 Å². The molecule has 0 unspecified atom stereocenters. The summed E-state index contributed by atoms with van der Waals surface area (Å²) in [5.41, 5.74) is -0.672. The molecule has 0 fully saturated rings. The molecule has 0 saturated carbocycles. The first-order valence-electron chi connectivity index (χ1n) is 5.49. The number of likely N-dealkylation sites (N-methyl/N-ethyl adjacent to an activating group) is 1. The van der Waals surface area contributed by atoms with Gasteiger partial charge in [0.1, 0.15) is 11.4 Å². The Labute approximate surface area is 103 Å². The predicted octanol–water partition coefficient (Wildman–Crippen LogP) is 1.07. The van der Waals surface area contributed by atoms with Crippen LogP contribution < -0.4 is 10.6 Å². The summed E-state index contributed by atoms with van der Waals surface area (Å²) in [6.45, 7) is 3.54. The number of hydrogen-bond donors (Lipinski definition) is 2. The van der Waals surface area contributed by atoms with Gasteiger partial charge in [-0.2, -0.15) is 0 Å². The number of nitrogens with zero attached hydrogens (tertiary/aromatic N) is 1. The number of nitro benzene ring substituents is 1. The largest absolute Gasteiger partial charge is 0.351 e. The van der Waals surface area contributed by atoms with Crippen LogP contribution in [0, 0.1) is 15.9 Å². The molecule has 0 aromatic heterocycles. The molecular formula is C11H14FN3O3. The van der Waals surface area contributed by atoms with E-state index in [0.29, 0.717) is 13.1 Å². The first kappa shape index (κ1) is 14.0. The molecule has 0 aliphatic carbocycles. The van der Waals surface area contributed by atoms with E-state index < -0.39 is 22.3 Å². The first-order chi connectivity index (χ1) is 8.56. The molecule has 1 aromatic carbocycles. The van der Waals surface area contributed by atoms with Gasteiger partial charge in [0.15, 0.2) is 0 Å². The van der Waals surface area contributed by atoms with Gasteiger partial charge in [0.25, 0.3) is 11.6 Å². The van der Waals surface area contributed by atoms with Gasteiger partial charge in [0, 0.05) is 19.2 Å². The minimum atomic E-state index is -0.710. The summed E-state index contributed by atoms with van der Waals surface area (Å²) >= 11 is 0. The van der Waals surface area contributed by atoms with Crippen LogP contribution in [0.2, 0.25) is 0 Å². The van der Waals surface area contributed by atoms with Gasteiger partial charge in [-0.15, -0.1) is 0 Å². The summed E-state index contributed by atoms with van der Waals surface area (Å²) in [7, 11) is 0. The molecule has 1 aromatic rings. The smallest absolute Gasteiger partial charge is 0.282 e.